The molecule has 0 aromatic heterocycles. The van der Waals surface area contributed by atoms with E-state index in [9.17, 15) is 0 Å². The Balaban J connectivity index is 1.67. The third-order valence-corrected chi connectivity index (χ3v) is 4.55. The molecule has 0 bridgehead atoms. The van der Waals surface area contributed by atoms with Crippen LogP contribution in [0, 0.1) is 11.8 Å². The van der Waals surface area contributed by atoms with Crippen molar-refractivity contribution in [1.82, 2.24) is 0 Å². The minimum atomic E-state index is 0.322. The zero-order valence-corrected chi connectivity index (χ0v) is 8.87. The van der Waals surface area contributed by atoms with Crippen molar-refractivity contribution in [1.29, 1.82) is 0 Å². The number of nitrogens with two attached hydrogens (primary N) is 1. The summed E-state index contributed by atoms with van der Waals surface area (Å²) in [7, 11) is 0. The van der Waals surface area contributed by atoms with Crippen molar-refractivity contribution in [3.63, 3.8) is 0 Å². The molecule has 2 N–H and O–H groups in total. The fourth-order valence-corrected chi connectivity index (χ4v) is 3.76. The topological polar surface area (TPSA) is 35.2 Å². The summed E-state index contributed by atoms with van der Waals surface area (Å²) in [6.45, 7) is 0.787. The Bertz CT molecular complexity index is 230. The SMILES string of the molecule is NCCC1CCC2(CCCC3CC32)O1. The molecule has 3 rings (SSSR count). The normalized spacial score (nSPS) is 50.8. The van der Waals surface area contributed by atoms with Gasteiger partial charge in [0.1, 0.15) is 0 Å². The van der Waals surface area contributed by atoms with Gasteiger partial charge in [0.25, 0.3) is 0 Å². The highest BCUT2D eigenvalue weighted by molar-refractivity contribution is 5.08. The van der Waals surface area contributed by atoms with Gasteiger partial charge in [0, 0.05) is 0 Å². The van der Waals surface area contributed by atoms with E-state index in [2.05, 4.69) is 0 Å². The maximum atomic E-state index is 6.30. The van der Waals surface area contributed by atoms with Crippen LogP contribution in [0.3, 0.4) is 0 Å². The van der Waals surface area contributed by atoms with Gasteiger partial charge in [0.2, 0.25) is 0 Å². The molecule has 3 fully saturated rings. The predicted octanol–water partition coefficient (Wildman–Crippen LogP) is 2.07. The molecule has 0 radical (unpaired) electrons. The Labute approximate surface area is 86.2 Å². The highest BCUT2D eigenvalue weighted by Crippen LogP contribution is 2.60. The van der Waals surface area contributed by atoms with Gasteiger partial charge in [-0.15, -0.1) is 0 Å². The molecule has 0 aromatic carbocycles. The first-order valence-corrected chi connectivity index (χ1v) is 6.22. The lowest BCUT2D eigenvalue weighted by Crippen LogP contribution is -2.35. The molecule has 2 nitrogen and oxygen atoms in total. The molecule has 0 amide bonds. The van der Waals surface area contributed by atoms with Gasteiger partial charge in [-0.3, -0.25) is 0 Å². The number of ether oxygens (including phenoxy) is 1. The summed E-state index contributed by atoms with van der Waals surface area (Å²) in [6, 6.07) is 0. The van der Waals surface area contributed by atoms with E-state index in [-0.39, 0.29) is 0 Å². The van der Waals surface area contributed by atoms with Crippen LogP contribution < -0.4 is 5.73 Å². The monoisotopic (exact) mass is 195 g/mol. The van der Waals surface area contributed by atoms with Gasteiger partial charge in [-0.2, -0.15) is 0 Å². The first-order chi connectivity index (χ1) is 6.84. The van der Waals surface area contributed by atoms with Gasteiger partial charge in [0.15, 0.2) is 0 Å². The van der Waals surface area contributed by atoms with Crippen molar-refractivity contribution < 1.29 is 4.74 Å². The lowest BCUT2D eigenvalue weighted by molar-refractivity contribution is -0.0755. The van der Waals surface area contributed by atoms with E-state index in [1.54, 1.807) is 0 Å². The van der Waals surface area contributed by atoms with Gasteiger partial charge < -0.3 is 10.5 Å². The Kier molecular flexibility index (Phi) is 2.10. The number of hydrogen-bond acceptors (Lipinski definition) is 2. The van der Waals surface area contributed by atoms with Crippen LogP contribution >= 0.6 is 0 Å². The van der Waals surface area contributed by atoms with Crippen molar-refractivity contribution in [2.24, 2.45) is 17.6 Å². The maximum Gasteiger partial charge on any atom is 0.0718 e. The molecule has 1 aliphatic heterocycles. The minimum absolute atomic E-state index is 0.322. The zero-order chi connectivity index (χ0) is 9.60. The molecular formula is C12H21NO. The summed E-state index contributed by atoms with van der Waals surface area (Å²) in [5.41, 5.74) is 5.91. The van der Waals surface area contributed by atoms with Crippen LogP contribution in [0.15, 0.2) is 0 Å². The standard InChI is InChI=1S/C12H21NO/c13-7-4-10-3-6-12(14-10)5-1-2-9-8-11(9)12/h9-11H,1-8,13H2. The van der Waals surface area contributed by atoms with Crippen molar-refractivity contribution in [2.45, 2.75) is 56.7 Å². The zero-order valence-electron chi connectivity index (χ0n) is 8.87. The summed E-state index contributed by atoms with van der Waals surface area (Å²) in [5.74, 6) is 1.96. The van der Waals surface area contributed by atoms with E-state index in [1.165, 1.54) is 38.5 Å². The second kappa shape index (κ2) is 3.21. The van der Waals surface area contributed by atoms with Crippen LogP contribution in [0.4, 0.5) is 0 Å². The molecule has 1 heterocycles. The molecule has 1 saturated heterocycles. The molecule has 3 aliphatic rings. The first kappa shape index (κ1) is 9.17. The van der Waals surface area contributed by atoms with E-state index < -0.39 is 0 Å². The van der Waals surface area contributed by atoms with Crippen LogP contribution in [0.1, 0.15) is 44.9 Å². The lowest BCUT2D eigenvalue weighted by atomic mass is 9.82. The predicted molar refractivity (Wildman–Crippen MR) is 56.0 cm³/mol. The minimum Gasteiger partial charge on any atom is -0.371 e. The fraction of sp³-hybridized carbons (Fsp3) is 1.00. The average Bonchev–Trinajstić information content (AvgIpc) is 2.87. The lowest BCUT2D eigenvalue weighted by Gasteiger charge is -2.33. The largest absolute Gasteiger partial charge is 0.371 e. The van der Waals surface area contributed by atoms with E-state index in [4.69, 9.17) is 10.5 Å². The summed E-state index contributed by atoms with van der Waals surface area (Å²) in [4.78, 5) is 0. The van der Waals surface area contributed by atoms with E-state index in [1.807, 2.05) is 0 Å². The number of fused-ring (bicyclic) bond motifs is 2. The Morgan fingerprint density at radius 2 is 2.21 bits per heavy atom. The third-order valence-electron chi connectivity index (χ3n) is 4.55. The molecule has 0 aromatic rings. The fourth-order valence-electron chi connectivity index (χ4n) is 3.76. The highest BCUT2D eigenvalue weighted by atomic mass is 16.5. The van der Waals surface area contributed by atoms with Crippen molar-refractivity contribution in [3.8, 4) is 0 Å². The highest BCUT2D eigenvalue weighted by Gasteiger charge is 2.58. The summed E-state index contributed by atoms with van der Waals surface area (Å²) in [6.07, 6.45) is 9.79. The molecule has 2 heteroatoms. The van der Waals surface area contributed by atoms with Crippen molar-refractivity contribution in [2.75, 3.05) is 6.54 Å². The molecular weight excluding hydrogens is 174 g/mol. The Hall–Kier alpha value is -0.0800. The number of hydrogen-bond donors (Lipinski definition) is 1. The van der Waals surface area contributed by atoms with Crippen LogP contribution in [0.5, 0.6) is 0 Å². The van der Waals surface area contributed by atoms with Crippen molar-refractivity contribution in [3.05, 3.63) is 0 Å². The first-order valence-electron chi connectivity index (χ1n) is 6.22. The Morgan fingerprint density at radius 1 is 1.29 bits per heavy atom. The maximum absolute atomic E-state index is 6.30. The van der Waals surface area contributed by atoms with Crippen molar-refractivity contribution >= 4 is 0 Å². The molecule has 1 spiro atoms. The second-order valence-electron chi connectivity index (χ2n) is 5.42. The summed E-state index contributed by atoms with van der Waals surface area (Å²) < 4.78 is 6.30. The van der Waals surface area contributed by atoms with Gasteiger partial charge in [-0.25, -0.2) is 0 Å². The molecule has 80 valence electrons. The van der Waals surface area contributed by atoms with Gasteiger partial charge >= 0.3 is 0 Å². The summed E-state index contributed by atoms with van der Waals surface area (Å²) >= 11 is 0. The third kappa shape index (κ3) is 1.31. The molecule has 2 aliphatic carbocycles. The van der Waals surface area contributed by atoms with Crippen LogP contribution in [-0.2, 0) is 4.74 Å². The smallest absolute Gasteiger partial charge is 0.0718 e. The van der Waals surface area contributed by atoms with Crippen LogP contribution in [0.2, 0.25) is 0 Å². The van der Waals surface area contributed by atoms with Gasteiger partial charge in [-0.05, 0) is 56.9 Å². The van der Waals surface area contributed by atoms with E-state index >= 15 is 0 Å². The average molecular weight is 195 g/mol. The second-order valence-corrected chi connectivity index (χ2v) is 5.42. The van der Waals surface area contributed by atoms with Gasteiger partial charge in [-0.1, -0.05) is 6.42 Å². The van der Waals surface area contributed by atoms with E-state index in [0.717, 1.165) is 24.8 Å². The van der Waals surface area contributed by atoms with Crippen LogP contribution in [0.25, 0.3) is 0 Å². The summed E-state index contributed by atoms with van der Waals surface area (Å²) in [5, 5.41) is 0. The molecule has 4 atom stereocenters. The van der Waals surface area contributed by atoms with Crippen LogP contribution in [-0.4, -0.2) is 18.2 Å². The number of rotatable bonds is 2. The molecule has 2 saturated carbocycles. The quantitative estimate of drug-likeness (QED) is 0.732. The van der Waals surface area contributed by atoms with Gasteiger partial charge in [0.05, 0.1) is 11.7 Å². The molecule has 4 unspecified atom stereocenters. The Morgan fingerprint density at radius 3 is 3.07 bits per heavy atom. The van der Waals surface area contributed by atoms with E-state index in [0.29, 0.717) is 11.7 Å². The molecule has 14 heavy (non-hydrogen) atoms.